The second-order valence-electron chi connectivity index (χ2n) is 8.12. The van der Waals surface area contributed by atoms with Crippen LogP contribution in [-0.4, -0.2) is 31.8 Å². The SMILES string of the molecule is COc1cc2nccc(Oc3ccc4c(c3)CCCN4C(=O)Nc3ccc(F)cc3)c2cc1OC. The number of carbonyl (C=O) groups is 1. The minimum absolute atomic E-state index is 0.257. The summed E-state index contributed by atoms with van der Waals surface area (Å²) in [5, 5.41) is 3.63. The van der Waals surface area contributed by atoms with Gasteiger partial charge in [0.05, 0.1) is 19.7 Å². The molecule has 3 aromatic carbocycles. The van der Waals surface area contributed by atoms with E-state index >= 15 is 0 Å². The molecule has 0 bridgehead atoms. The van der Waals surface area contributed by atoms with E-state index in [9.17, 15) is 9.18 Å². The number of amides is 2. The molecule has 0 fully saturated rings. The van der Waals surface area contributed by atoms with E-state index in [-0.39, 0.29) is 11.8 Å². The van der Waals surface area contributed by atoms with Crippen molar-refractivity contribution in [3.05, 3.63) is 78.2 Å². The van der Waals surface area contributed by atoms with Gasteiger partial charge >= 0.3 is 6.03 Å². The van der Waals surface area contributed by atoms with Crippen molar-refractivity contribution < 1.29 is 23.4 Å². The van der Waals surface area contributed by atoms with Crippen LogP contribution in [0, 0.1) is 5.82 Å². The fourth-order valence-electron chi connectivity index (χ4n) is 4.24. The van der Waals surface area contributed by atoms with Gasteiger partial charge in [-0.3, -0.25) is 9.88 Å². The van der Waals surface area contributed by atoms with Crippen LogP contribution in [-0.2, 0) is 6.42 Å². The summed E-state index contributed by atoms with van der Waals surface area (Å²) >= 11 is 0. The van der Waals surface area contributed by atoms with Crippen LogP contribution in [0.3, 0.4) is 0 Å². The van der Waals surface area contributed by atoms with Crippen LogP contribution >= 0.6 is 0 Å². The molecule has 1 aliphatic rings. The van der Waals surface area contributed by atoms with E-state index in [1.807, 2.05) is 30.3 Å². The number of rotatable bonds is 5. The summed E-state index contributed by atoms with van der Waals surface area (Å²) in [6.07, 6.45) is 3.33. The molecule has 0 unspecified atom stereocenters. The molecule has 7 nitrogen and oxygen atoms in total. The van der Waals surface area contributed by atoms with Gasteiger partial charge in [0.2, 0.25) is 0 Å². The van der Waals surface area contributed by atoms with Gasteiger partial charge in [0, 0.05) is 35.6 Å². The highest BCUT2D eigenvalue weighted by Crippen LogP contribution is 2.38. The third-order valence-electron chi connectivity index (χ3n) is 5.94. The smallest absolute Gasteiger partial charge is 0.326 e. The number of hydrogen-bond acceptors (Lipinski definition) is 5. The van der Waals surface area contributed by atoms with Crippen LogP contribution in [0.15, 0.2) is 66.9 Å². The van der Waals surface area contributed by atoms with Crippen LogP contribution in [0.2, 0.25) is 0 Å². The van der Waals surface area contributed by atoms with Crippen LogP contribution in [0.5, 0.6) is 23.0 Å². The summed E-state index contributed by atoms with van der Waals surface area (Å²) in [5.74, 6) is 2.13. The standard InChI is InChI=1S/C27H24FN3O4/c1-33-25-15-21-22(16-26(25)34-2)29-12-11-24(21)35-20-9-10-23-17(14-20)4-3-13-31(23)27(32)30-19-7-5-18(28)6-8-19/h5-12,14-16H,3-4,13H2,1-2H3,(H,30,32). The van der Waals surface area contributed by atoms with Crippen LogP contribution in [0.1, 0.15) is 12.0 Å². The molecule has 4 aromatic rings. The minimum atomic E-state index is -0.349. The van der Waals surface area contributed by atoms with Gasteiger partial charge in [0.1, 0.15) is 17.3 Å². The third kappa shape index (κ3) is 4.55. The second kappa shape index (κ2) is 9.50. The molecule has 0 radical (unpaired) electrons. The maximum Gasteiger partial charge on any atom is 0.326 e. The van der Waals surface area contributed by atoms with Gasteiger partial charge < -0.3 is 19.5 Å². The highest BCUT2D eigenvalue weighted by molar-refractivity contribution is 6.02. The van der Waals surface area contributed by atoms with Gasteiger partial charge in [-0.2, -0.15) is 0 Å². The van der Waals surface area contributed by atoms with Crippen molar-refractivity contribution in [3.8, 4) is 23.0 Å². The van der Waals surface area contributed by atoms with E-state index in [1.54, 1.807) is 43.5 Å². The van der Waals surface area contributed by atoms with Gasteiger partial charge in [0.15, 0.2) is 11.5 Å². The number of carbonyl (C=O) groups excluding carboxylic acids is 1. The number of ether oxygens (including phenoxy) is 3. The average Bonchev–Trinajstić information content (AvgIpc) is 2.88. The van der Waals surface area contributed by atoms with Crippen LogP contribution in [0.4, 0.5) is 20.6 Å². The molecule has 5 rings (SSSR count). The highest BCUT2D eigenvalue weighted by Gasteiger charge is 2.23. The lowest BCUT2D eigenvalue weighted by Gasteiger charge is -2.30. The number of halogens is 1. The number of fused-ring (bicyclic) bond motifs is 2. The molecule has 0 saturated carbocycles. The van der Waals surface area contributed by atoms with E-state index in [2.05, 4.69) is 10.3 Å². The zero-order valence-electron chi connectivity index (χ0n) is 19.4. The maximum absolute atomic E-state index is 13.2. The van der Waals surface area contributed by atoms with Crippen molar-refractivity contribution >= 4 is 28.3 Å². The van der Waals surface area contributed by atoms with E-state index in [1.165, 1.54) is 12.1 Å². The average molecular weight is 474 g/mol. The number of methoxy groups -OCH3 is 2. The zero-order chi connectivity index (χ0) is 24.4. The molecule has 0 spiro atoms. The van der Waals surface area contributed by atoms with Gasteiger partial charge in [-0.15, -0.1) is 0 Å². The largest absolute Gasteiger partial charge is 0.493 e. The van der Waals surface area contributed by atoms with Crippen molar-refractivity contribution in [2.75, 3.05) is 31.0 Å². The summed E-state index contributed by atoms with van der Waals surface area (Å²) < 4.78 is 30.2. The number of anilines is 2. The minimum Gasteiger partial charge on any atom is -0.493 e. The molecular formula is C27H24FN3O4. The van der Waals surface area contributed by atoms with Crippen LogP contribution < -0.4 is 24.4 Å². The molecule has 1 N–H and O–H groups in total. The third-order valence-corrected chi connectivity index (χ3v) is 5.94. The van der Waals surface area contributed by atoms with Gasteiger partial charge in [-0.05, 0) is 73.0 Å². The van der Waals surface area contributed by atoms with Crippen molar-refractivity contribution in [3.63, 3.8) is 0 Å². The number of benzene rings is 3. The zero-order valence-corrected chi connectivity index (χ0v) is 19.4. The number of nitrogens with one attached hydrogen (secondary N) is 1. The van der Waals surface area contributed by atoms with E-state index in [4.69, 9.17) is 14.2 Å². The summed E-state index contributed by atoms with van der Waals surface area (Å²) in [5.41, 5.74) is 3.11. The topological polar surface area (TPSA) is 72.9 Å². The molecule has 8 heteroatoms. The Morgan fingerprint density at radius 2 is 1.74 bits per heavy atom. The molecule has 35 heavy (non-hydrogen) atoms. The summed E-state index contributed by atoms with van der Waals surface area (Å²) in [4.78, 5) is 19.0. The Labute approximate surface area is 202 Å². The van der Waals surface area contributed by atoms with Gasteiger partial charge in [-0.1, -0.05) is 0 Å². The number of nitrogens with zero attached hydrogens (tertiary/aromatic N) is 2. The van der Waals surface area contributed by atoms with Crippen molar-refractivity contribution in [2.24, 2.45) is 0 Å². The van der Waals surface area contributed by atoms with E-state index in [0.717, 1.165) is 35.0 Å². The predicted octanol–water partition coefficient (Wildman–Crippen LogP) is 6.17. The summed E-state index contributed by atoms with van der Waals surface area (Å²) in [7, 11) is 3.17. The molecule has 1 aromatic heterocycles. The predicted molar refractivity (Wildman–Crippen MR) is 132 cm³/mol. The maximum atomic E-state index is 13.2. The highest BCUT2D eigenvalue weighted by atomic mass is 19.1. The van der Waals surface area contributed by atoms with Crippen molar-refractivity contribution in [2.45, 2.75) is 12.8 Å². The number of pyridine rings is 1. The Kier molecular flexibility index (Phi) is 6.10. The molecule has 0 atom stereocenters. The molecule has 2 amide bonds. The fourth-order valence-corrected chi connectivity index (χ4v) is 4.24. The summed E-state index contributed by atoms with van der Waals surface area (Å²) in [6.45, 7) is 0.594. The van der Waals surface area contributed by atoms with E-state index < -0.39 is 0 Å². The molecule has 2 heterocycles. The van der Waals surface area contributed by atoms with Gasteiger partial charge in [-0.25, -0.2) is 9.18 Å². The molecular weight excluding hydrogens is 449 g/mol. The molecule has 0 aliphatic carbocycles. The summed E-state index contributed by atoms with van der Waals surface area (Å²) in [6, 6.07) is 16.6. The number of hydrogen-bond donors (Lipinski definition) is 1. The quantitative estimate of drug-likeness (QED) is 0.375. The van der Waals surface area contributed by atoms with Crippen molar-refractivity contribution in [1.29, 1.82) is 0 Å². The van der Waals surface area contributed by atoms with Gasteiger partial charge in [0.25, 0.3) is 0 Å². The van der Waals surface area contributed by atoms with E-state index in [0.29, 0.717) is 35.2 Å². The monoisotopic (exact) mass is 473 g/mol. The van der Waals surface area contributed by atoms with Crippen molar-refractivity contribution in [1.82, 2.24) is 4.98 Å². The number of urea groups is 1. The fraction of sp³-hybridized carbons (Fsp3) is 0.185. The first-order valence-corrected chi connectivity index (χ1v) is 11.2. The second-order valence-corrected chi connectivity index (χ2v) is 8.12. The Bertz CT molecular complexity index is 1390. The number of aryl methyl sites for hydroxylation is 1. The van der Waals surface area contributed by atoms with Crippen LogP contribution in [0.25, 0.3) is 10.9 Å². The Balaban J connectivity index is 1.40. The first-order valence-electron chi connectivity index (χ1n) is 11.2. The Morgan fingerprint density at radius 3 is 2.51 bits per heavy atom. The Morgan fingerprint density at radius 1 is 0.971 bits per heavy atom. The normalized spacial score (nSPS) is 12.7. The number of aromatic nitrogens is 1. The molecule has 1 aliphatic heterocycles. The Hall–Kier alpha value is -4.33. The molecule has 0 saturated heterocycles. The molecule has 178 valence electrons. The first-order chi connectivity index (χ1) is 17.1. The lowest BCUT2D eigenvalue weighted by molar-refractivity contribution is 0.256. The lowest BCUT2D eigenvalue weighted by atomic mass is 10.0. The first kappa shape index (κ1) is 22.5. The lowest BCUT2D eigenvalue weighted by Crippen LogP contribution is -2.38.